The Morgan fingerprint density at radius 1 is 0.692 bits per heavy atom. The number of unbranched alkanes of at least 4 members (excludes halogenated alkanes) is 13. The molecule has 0 aliphatic heterocycles. The maximum Gasteiger partial charge on any atom is 0.267 e. The predicted molar refractivity (Wildman–Crippen MR) is 113 cm³/mol. The van der Waals surface area contributed by atoms with Gasteiger partial charge < -0.3 is 4.90 Å². The van der Waals surface area contributed by atoms with Gasteiger partial charge in [0, 0.05) is 0 Å². The van der Waals surface area contributed by atoms with Crippen molar-refractivity contribution in [2.24, 2.45) is 0 Å². The van der Waals surface area contributed by atoms with Crippen molar-refractivity contribution in [1.29, 1.82) is 0 Å². The van der Waals surface area contributed by atoms with Crippen LogP contribution in [-0.4, -0.2) is 43.8 Å². The van der Waals surface area contributed by atoms with Crippen LogP contribution in [0, 0.1) is 0 Å². The highest BCUT2D eigenvalue weighted by Gasteiger charge is 2.22. The van der Waals surface area contributed by atoms with E-state index in [4.69, 9.17) is 0 Å². The minimum atomic E-state index is -3.91. The fraction of sp³-hybridized carbons (Fsp3) is 1.00. The molecule has 0 saturated carbocycles. The summed E-state index contributed by atoms with van der Waals surface area (Å²) in [6.45, 7) is 2.96. The number of hydrogen-bond acceptors (Lipinski definition) is 3. The third-order valence-electron chi connectivity index (χ3n) is 5.20. The molecule has 0 spiro atoms. The molecule has 4 nitrogen and oxygen atoms in total. The molecule has 0 amide bonds. The highest BCUT2D eigenvalue weighted by Crippen LogP contribution is 2.17. The maximum atomic E-state index is 11.4. The van der Waals surface area contributed by atoms with Crippen molar-refractivity contribution >= 4 is 10.1 Å². The molecule has 0 rings (SSSR count). The third kappa shape index (κ3) is 17.3. The Labute approximate surface area is 163 Å². The molecule has 0 fully saturated rings. The number of hydrogen-bond donors (Lipinski definition) is 1. The molecule has 1 unspecified atom stereocenters. The van der Waals surface area contributed by atoms with Gasteiger partial charge in [-0.3, -0.25) is 4.55 Å². The second-order valence-electron chi connectivity index (χ2n) is 8.11. The first kappa shape index (κ1) is 25.9. The molecule has 0 aromatic heterocycles. The summed E-state index contributed by atoms with van der Waals surface area (Å²) < 4.78 is 32.2. The first-order chi connectivity index (χ1) is 12.4. The fourth-order valence-electron chi connectivity index (χ4n) is 3.41. The monoisotopic (exact) mass is 391 g/mol. The Kier molecular flexibility index (Phi) is 16.9. The molecule has 0 saturated heterocycles. The molecule has 0 bridgehead atoms. The average molecular weight is 392 g/mol. The standard InChI is InChI=1S/C21H45NO3S/c1-4-5-6-7-8-9-10-11-12-13-14-15-16-17-18-21(26(23,24)25)19-20-22(2)3/h21H,4-20H2,1-3H3,(H,23,24,25). The molecule has 0 heterocycles. The van der Waals surface area contributed by atoms with Crippen LogP contribution in [0.4, 0.5) is 0 Å². The van der Waals surface area contributed by atoms with Crippen LogP contribution in [0.2, 0.25) is 0 Å². The minimum absolute atomic E-state index is 0.518. The van der Waals surface area contributed by atoms with Gasteiger partial charge in [0.25, 0.3) is 10.1 Å². The van der Waals surface area contributed by atoms with E-state index in [1.807, 2.05) is 19.0 Å². The fourth-order valence-corrected chi connectivity index (χ4v) is 4.28. The molecule has 0 aromatic rings. The van der Waals surface area contributed by atoms with Crippen molar-refractivity contribution < 1.29 is 13.0 Å². The summed E-state index contributed by atoms with van der Waals surface area (Å²) in [5, 5.41) is -0.595. The third-order valence-corrected chi connectivity index (χ3v) is 6.51. The Balaban J connectivity index is 3.48. The lowest BCUT2D eigenvalue weighted by Crippen LogP contribution is -2.26. The first-order valence-corrected chi connectivity index (χ1v) is 12.5. The van der Waals surface area contributed by atoms with E-state index in [2.05, 4.69) is 6.92 Å². The molecule has 0 radical (unpaired) electrons. The quantitative estimate of drug-likeness (QED) is 0.214. The second kappa shape index (κ2) is 17.0. The van der Waals surface area contributed by atoms with E-state index < -0.39 is 15.4 Å². The van der Waals surface area contributed by atoms with E-state index in [-0.39, 0.29) is 0 Å². The van der Waals surface area contributed by atoms with Crippen molar-refractivity contribution in [3.8, 4) is 0 Å². The second-order valence-corrected chi connectivity index (χ2v) is 9.81. The molecular formula is C21H45NO3S. The lowest BCUT2D eigenvalue weighted by Gasteiger charge is -2.16. The zero-order valence-electron chi connectivity index (χ0n) is 17.7. The van der Waals surface area contributed by atoms with E-state index in [0.29, 0.717) is 19.4 Å². The topological polar surface area (TPSA) is 57.6 Å². The van der Waals surface area contributed by atoms with E-state index in [0.717, 1.165) is 12.8 Å². The Morgan fingerprint density at radius 2 is 1.08 bits per heavy atom. The van der Waals surface area contributed by atoms with Gasteiger partial charge in [-0.25, -0.2) is 0 Å². The molecular weight excluding hydrogens is 346 g/mol. The van der Waals surface area contributed by atoms with Crippen molar-refractivity contribution in [3.05, 3.63) is 0 Å². The summed E-state index contributed by atoms with van der Waals surface area (Å²) in [7, 11) is -0.0569. The van der Waals surface area contributed by atoms with Gasteiger partial charge in [0.15, 0.2) is 0 Å². The van der Waals surface area contributed by atoms with E-state index in [9.17, 15) is 13.0 Å². The van der Waals surface area contributed by atoms with Gasteiger partial charge in [0.1, 0.15) is 0 Å². The Hall–Kier alpha value is -0.130. The van der Waals surface area contributed by atoms with Crippen LogP contribution in [0.25, 0.3) is 0 Å². The van der Waals surface area contributed by atoms with Crippen LogP contribution in [0.5, 0.6) is 0 Å². The summed E-state index contributed by atoms with van der Waals surface area (Å²) in [6, 6.07) is 0. The largest absolute Gasteiger partial charge is 0.309 e. The zero-order valence-corrected chi connectivity index (χ0v) is 18.5. The molecule has 0 aliphatic carbocycles. The van der Waals surface area contributed by atoms with E-state index in [1.54, 1.807) is 0 Å². The molecule has 5 heteroatoms. The van der Waals surface area contributed by atoms with Gasteiger partial charge in [0.05, 0.1) is 5.25 Å². The zero-order chi connectivity index (χ0) is 19.7. The SMILES string of the molecule is CCCCCCCCCCCCCCCCC(CCN(C)C)S(=O)(=O)O. The molecule has 1 N–H and O–H groups in total. The summed E-state index contributed by atoms with van der Waals surface area (Å²) in [6.07, 6.45) is 19.2. The summed E-state index contributed by atoms with van der Waals surface area (Å²) in [5.41, 5.74) is 0. The van der Waals surface area contributed by atoms with Gasteiger partial charge in [-0.1, -0.05) is 96.8 Å². The van der Waals surface area contributed by atoms with Crippen LogP contribution in [0.3, 0.4) is 0 Å². The molecule has 0 aliphatic rings. The molecule has 26 heavy (non-hydrogen) atoms. The van der Waals surface area contributed by atoms with Gasteiger partial charge in [-0.2, -0.15) is 8.42 Å². The van der Waals surface area contributed by atoms with Gasteiger partial charge >= 0.3 is 0 Å². The average Bonchev–Trinajstić information content (AvgIpc) is 2.56. The highest BCUT2D eigenvalue weighted by atomic mass is 32.2. The Morgan fingerprint density at radius 3 is 1.42 bits per heavy atom. The van der Waals surface area contributed by atoms with Gasteiger partial charge in [-0.15, -0.1) is 0 Å². The van der Waals surface area contributed by atoms with E-state index >= 15 is 0 Å². The Bertz CT molecular complexity index is 396. The molecule has 0 aromatic carbocycles. The lowest BCUT2D eigenvalue weighted by atomic mass is 10.0. The van der Waals surface area contributed by atoms with Crippen molar-refractivity contribution in [2.45, 2.75) is 115 Å². The van der Waals surface area contributed by atoms with Crippen molar-refractivity contribution in [1.82, 2.24) is 4.90 Å². The van der Waals surface area contributed by atoms with Crippen molar-refractivity contribution in [3.63, 3.8) is 0 Å². The predicted octanol–water partition coefficient (Wildman–Crippen LogP) is 6.07. The molecule has 1 atom stereocenters. The lowest BCUT2D eigenvalue weighted by molar-refractivity contribution is 0.377. The number of rotatable bonds is 19. The van der Waals surface area contributed by atoms with Gasteiger partial charge in [-0.05, 0) is 33.5 Å². The normalized spacial score (nSPS) is 13.4. The smallest absolute Gasteiger partial charge is 0.267 e. The summed E-state index contributed by atoms with van der Waals surface area (Å²) in [4.78, 5) is 1.96. The van der Waals surface area contributed by atoms with Crippen LogP contribution in [0.1, 0.15) is 110 Å². The minimum Gasteiger partial charge on any atom is -0.309 e. The van der Waals surface area contributed by atoms with E-state index in [1.165, 1.54) is 77.0 Å². The number of nitrogens with zero attached hydrogens (tertiary/aromatic N) is 1. The first-order valence-electron chi connectivity index (χ1n) is 11.0. The van der Waals surface area contributed by atoms with Crippen molar-refractivity contribution in [2.75, 3.05) is 20.6 Å². The maximum absolute atomic E-state index is 11.4. The van der Waals surface area contributed by atoms with Crippen LogP contribution in [-0.2, 0) is 10.1 Å². The summed E-state index contributed by atoms with van der Waals surface area (Å²) >= 11 is 0. The molecule has 158 valence electrons. The highest BCUT2D eigenvalue weighted by molar-refractivity contribution is 7.86. The van der Waals surface area contributed by atoms with Crippen LogP contribution >= 0.6 is 0 Å². The van der Waals surface area contributed by atoms with Crippen LogP contribution < -0.4 is 0 Å². The van der Waals surface area contributed by atoms with Gasteiger partial charge in [0.2, 0.25) is 0 Å². The summed E-state index contributed by atoms with van der Waals surface area (Å²) in [5.74, 6) is 0. The van der Waals surface area contributed by atoms with Crippen LogP contribution in [0.15, 0.2) is 0 Å².